The molecule has 0 radical (unpaired) electrons. The van der Waals surface area contributed by atoms with Gasteiger partial charge in [0.1, 0.15) is 11.5 Å². The van der Waals surface area contributed by atoms with E-state index in [2.05, 4.69) is 20.7 Å². The fourth-order valence-corrected chi connectivity index (χ4v) is 4.30. The lowest BCUT2D eigenvalue weighted by Crippen LogP contribution is -2.20. The van der Waals surface area contributed by atoms with E-state index in [-0.39, 0.29) is 17.1 Å². The van der Waals surface area contributed by atoms with Crippen molar-refractivity contribution < 1.29 is 27.4 Å². The maximum absolute atomic E-state index is 13.4. The van der Waals surface area contributed by atoms with E-state index in [9.17, 15) is 18.0 Å². The quantitative estimate of drug-likeness (QED) is 0.136. The largest absolute Gasteiger partial charge is 0.497 e. The van der Waals surface area contributed by atoms with Gasteiger partial charge < -0.3 is 9.47 Å². The second-order valence-electron chi connectivity index (χ2n) is 8.42. The number of carbonyl (C=O) groups excluding carboxylic acids is 1. The maximum atomic E-state index is 13.4. The zero-order chi connectivity index (χ0) is 28.5. The van der Waals surface area contributed by atoms with Crippen LogP contribution < -0.4 is 14.9 Å². The molecule has 208 valence electrons. The summed E-state index contributed by atoms with van der Waals surface area (Å²) in [6.45, 7) is 2.66. The van der Waals surface area contributed by atoms with Crippen LogP contribution in [-0.4, -0.2) is 46.4 Å². The van der Waals surface area contributed by atoms with Gasteiger partial charge in [-0.15, -0.1) is 10.2 Å². The van der Waals surface area contributed by atoms with Gasteiger partial charge in [0.25, 0.3) is 5.91 Å². The number of thioether (sulfide) groups is 1. The third-order valence-electron chi connectivity index (χ3n) is 5.50. The Labute approximate surface area is 233 Å². The highest BCUT2D eigenvalue weighted by molar-refractivity contribution is 7.99. The monoisotopic (exact) mass is 569 g/mol. The summed E-state index contributed by atoms with van der Waals surface area (Å²) in [7, 11) is 1.53. The number of carbonyl (C=O) groups is 1. The summed E-state index contributed by atoms with van der Waals surface area (Å²) >= 11 is 1.07. The summed E-state index contributed by atoms with van der Waals surface area (Å²) in [6.07, 6.45) is -2.09. The fraction of sp³-hybridized carbons (Fsp3) is 0.214. The number of halogens is 3. The zero-order valence-corrected chi connectivity index (χ0v) is 22.5. The van der Waals surface area contributed by atoms with Crippen LogP contribution in [0, 0.1) is 0 Å². The molecule has 4 aromatic rings. The minimum absolute atomic E-state index is 0.0575. The van der Waals surface area contributed by atoms with Crippen molar-refractivity contribution in [1.29, 1.82) is 0 Å². The average molecular weight is 570 g/mol. The molecule has 0 bridgehead atoms. The fourth-order valence-electron chi connectivity index (χ4n) is 3.56. The second-order valence-corrected chi connectivity index (χ2v) is 9.36. The van der Waals surface area contributed by atoms with E-state index in [1.165, 1.54) is 25.5 Å². The van der Waals surface area contributed by atoms with Crippen molar-refractivity contribution in [1.82, 2.24) is 20.2 Å². The molecule has 0 aliphatic carbocycles. The first-order valence-corrected chi connectivity index (χ1v) is 13.2. The molecule has 0 spiro atoms. The highest BCUT2D eigenvalue weighted by Crippen LogP contribution is 2.34. The van der Waals surface area contributed by atoms with Gasteiger partial charge in [0.15, 0.2) is 11.0 Å². The molecule has 1 amide bonds. The average Bonchev–Trinajstić information content (AvgIpc) is 3.39. The first kappa shape index (κ1) is 28.7. The summed E-state index contributed by atoms with van der Waals surface area (Å²) in [4.78, 5) is 12.5. The first-order chi connectivity index (χ1) is 19.3. The molecule has 0 aliphatic rings. The Hall–Kier alpha value is -4.32. The molecule has 0 unspecified atom stereocenters. The maximum Gasteiger partial charge on any atom is 0.416 e. The molecule has 0 atom stereocenters. The minimum Gasteiger partial charge on any atom is -0.497 e. The van der Waals surface area contributed by atoms with Crippen LogP contribution in [-0.2, 0) is 11.0 Å². The number of nitrogens with zero attached hydrogens (tertiary/aromatic N) is 4. The lowest BCUT2D eigenvalue weighted by atomic mass is 10.1. The Morgan fingerprint density at radius 3 is 2.45 bits per heavy atom. The zero-order valence-electron chi connectivity index (χ0n) is 21.7. The van der Waals surface area contributed by atoms with E-state index in [0.29, 0.717) is 23.2 Å². The van der Waals surface area contributed by atoms with Crippen LogP contribution in [0.2, 0.25) is 0 Å². The number of alkyl halides is 3. The van der Waals surface area contributed by atoms with Gasteiger partial charge in [-0.3, -0.25) is 9.36 Å². The number of benzene rings is 3. The van der Waals surface area contributed by atoms with Crippen LogP contribution in [0.25, 0.3) is 17.1 Å². The summed E-state index contributed by atoms with van der Waals surface area (Å²) in [5, 5.41) is 12.6. The van der Waals surface area contributed by atoms with Crippen molar-refractivity contribution in [2.75, 3.05) is 19.5 Å². The number of methoxy groups -OCH3 is 1. The SMILES string of the molecule is CCCOc1ccc(/C=N/NC(=O)CSc2nnc(-c3cccc(C(F)(F)F)c3)n2-c2ccc(OC)cc2)cc1. The summed E-state index contributed by atoms with van der Waals surface area (Å²) in [5.41, 5.74) is 3.26. The van der Waals surface area contributed by atoms with Crippen LogP contribution >= 0.6 is 11.8 Å². The molecule has 0 aliphatic heterocycles. The van der Waals surface area contributed by atoms with Crippen molar-refractivity contribution in [3.63, 3.8) is 0 Å². The molecule has 1 aromatic heterocycles. The minimum atomic E-state index is -4.51. The van der Waals surface area contributed by atoms with Gasteiger partial charge >= 0.3 is 6.18 Å². The predicted molar refractivity (Wildman–Crippen MR) is 147 cm³/mol. The van der Waals surface area contributed by atoms with Gasteiger partial charge in [-0.2, -0.15) is 18.3 Å². The molecule has 0 saturated heterocycles. The Morgan fingerprint density at radius 1 is 1.05 bits per heavy atom. The summed E-state index contributed by atoms with van der Waals surface area (Å²) in [6, 6.07) is 19.0. The van der Waals surface area contributed by atoms with Crippen LogP contribution in [0.5, 0.6) is 11.5 Å². The van der Waals surface area contributed by atoms with Crippen LogP contribution in [0.4, 0.5) is 13.2 Å². The number of amides is 1. The van der Waals surface area contributed by atoms with E-state index < -0.39 is 17.6 Å². The number of hydrogen-bond donors (Lipinski definition) is 1. The van der Waals surface area contributed by atoms with Crippen LogP contribution in [0.1, 0.15) is 24.5 Å². The van der Waals surface area contributed by atoms with E-state index >= 15 is 0 Å². The Bertz CT molecular complexity index is 1460. The first-order valence-electron chi connectivity index (χ1n) is 12.2. The topological polar surface area (TPSA) is 90.6 Å². The van der Waals surface area contributed by atoms with E-state index in [0.717, 1.165) is 41.6 Å². The molecule has 12 heteroatoms. The van der Waals surface area contributed by atoms with Gasteiger partial charge in [0.2, 0.25) is 0 Å². The number of nitrogens with one attached hydrogen (secondary N) is 1. The van der Waals surface area contributed by atoms with Gasteiger partial charge in [-0.1, -0.05) is 30.8 Å². The van der Waals surface area contributed by atoms with E-state index in [4.69, 9.17) is 9.47 Å². The third-order valence-corrected chi connectivity index (χ3v) is 6.43. The number of ether oxygens (including phenoxy) is 2. The summed E-state index contributed by atoms with van der Waals surface area (Å²) in [5.74, 6) is 1.10. The molecule has 8 nitrogen and oxygen atoms in total. The molecule has 0 fully saturated rings. The molecule has 1 N–H and O–H groups in total. The van der Waals surface area contributed by atoms with Gasteiger partial charge in [0, 0.05) is 11.3 Å². The molecule has 40 heavy (non-hydrogen) atoms. The van der Waals surface area contributed by atoms with Gasteiger partial charge in [-0.25, -0.2) is 5.43 Å². The number of rotatable bonds is 11. The molecule has 4 rings (SSSR count). The van der Waals surface area contributed by atoms with E-state index in [1.807, 2.05) is 31.2 Å². The van der Waals surface area contributed by atoms with Crippen LogP contribution in [0.3, 0.4) is 0 Å². The van der Waals surface area contributed by atoms with Crippen molar-refractivity contribution in [3.8, 4) is 28.6 Å². The van der Waals surface area contributed by atoms with Crippen molar-refractivity contribution in [2.45, 2.75) is 24.7 Å². The number of hydrogen-bond acceptors (Lipinski definition) is 7. The standard InChI is InChI=1S/C28H26F3N5O3S/c1-3-15-39-24-11-7-19(8-12-24)17-32-33-25(37)18-40-27-35-34-26(20-5-4-6-21(16-20)28(29,30)31)36(27)22-9-13-23(38-2)14-10-22/h4-14,16-17H,3,15,18H2,1-2H3,(H,33,37)/b32-17+. The lowest BCUT2D eigenvalue weighted by molar-refractivity contribution is -0.137. The van der Waals surface area contributed by atoms with Gasteiger partial charge in [-0.05, 0) is 72.6 Å². The normalized spacial score (nSPS) is 11.5. The van der Waals surface area contributed by atoms with Crippen LogP contribution in [0.15, 0.2) is 83.1 Å². The van der Waals surface area contributed by atoms with Crippen molar-refractivity contribution in [3.05, 3.63) is 83.9 Å². The highest BCUT2D eigenvalue weighted by Gasteiger charge is 2.31. The Morgan fingerprint density at radius 2 is 1.77 bits per heavy atom. The molecular formula is C28H26F3N5O3S. The smallest absolute Gasteiger partial charge is 0.416 e. The van der Waals surface area contributed by atoms with E-state index in [1.54, 1.807) is 28.8 Å². The highest BCUT2D eigenvalue weighted by atomic mass is 32.2. The molecular weight excluding hydrogens is 543 g/mol. The number of hydrazone groups is 1. The van der Waals surface area contributed by atoms with Gasteiger partial charge in [0.05, 0.1) is 31.2 Å². The third kappa shape index (κ3) is 7.41. The Kier molecular flexibility index (Phi) is 9.43. The second kappa shape index (κ2) is 13.2. The van der Waals surface area contributed by atoms with Crippen molar-refractivity contribution in [2.24, 2.45) is 5.10 Å². The Balaban J connectivity index is 1.50. The lowest BCUT2D eigenvalue weighted by Gasteiger charge is -2.12. The summed E-state index contributed by atoms with van der Waals surface area (Å²) < 4.78 is 52.4. The molecule has 1 heterocycles. The molecule has 3 aromatic carbocycles. The predicted octanol–water partition coefficient (Wildman–Crippen LogP) is 5.99. The molecule has 0 saturated carbocycles. The number of aromatic nitrogens is 3. The van der Waals surface area contributed by atoms with Crippen molar-refractivity contribution >= 4 is 23.9 Å².